The molecule has 1 aromatic heterocycles. The number of anilines is 2. The highest BCUT2D eigenvalue weighted by atomic mass is 35.5. The zero-order valence-electron chi connectivity index (χ0n) is 21.6. The van der Waals surface area contributed by atoms with E-state index in [4.69, 9.17) is 21.7 Å². The van der Waals surface area contributed by atoms with Gasteiger partial charge in [-0.25, -0.2) is 19.4 Å². The second-order valence-corrected chi connectivity index (χ2v) is 9.73. The molecule has 4 aromatic rings. The molecule has 5 rings (SSSR count). The lowest BCUT2D eigenvalue weighted by Gasteiger charge is -2.31. The van der Waals surface area contributed by atoms with E-state index in [9.17, 15) is 4.39 Å². The van der Waals surface area contributed by atoms with E-state index in [1.807, 2.05) is 24.3 Å². The third-order valence-electron chi connectivity index (χ3n) is 6.48. The van der Waals surface area contributed by atoms with Crippen molar-refractivity contribution < 1.29 is 9.13 Å². The van der Waals surface area contributed by atoms with E-state index in [2.05, 4.69) is 25.3 Å². The third kappa shape index (κ3) is 6.61. The number of hydrazone groups is 1. The summed E-state index contributed by atoms with van der Waals surface area (Å²) in [7, 11) is 1.79. The highest BCUT2D eigenvalue weighted by molar-refractivity contribution is 6.32. The van der Waals surface area contributed by atoms with Gasteiger partial charge in [0.1, 0.15) is 30.3 Å². The van der Waals surface area contributed by atoms with Crippen LogP contribution in [0.1, 0.15) is 30.4 Å². The van der Waals surface area contributed by atoms with Crippen LogP contribution < -0.4 is 10.1 Å². The largest absolute Gasteiger partial charge is 0.487 e. The Kier molecular flexibility index (Phi) is 8.17. The molecule has 200 valence electrons. The number of fused-ring (bicyclic) bond motifs is 1. The van der Waals surface area contributed by atoms with E-state index in [1.54, 1.807) is 42.5 Å². The number of hydrogen-bond acceptors (Lipinski definition) is 6. The monoisotopic (exact) mass is 545 g/mol. The molecule has 0 amide bonds. The molecule has 0 saturated carbocycles. The average Bonchev–Trinajstić information content (AvgIpc) is 2.96. The maximum Gasteiger partial charge on any atom is 0.214 e. The maximum absolute atomic E-state index is 13.4. The van der Waals surface area contributed by atoms with Crippen LogP contribution in [0.4, 0.5) is 15.9 Å². The summed E-state index contributed by atoms with van der Waals surface area (Å²) < 4.78 is 19.2. The highest BCUT2D eigenvalue weighted by Crippen LogP contribution is 2.31. The first kappa shape index (κ1) is 26.4. The van der Waals surface area contributed by atoms with Crippen LogP contribution in [0.3, 0.4) is 0 Å². The van der Waals surface area contributed by atoms with Gasteiger partial charge in [-0.15, -0.1) is 0 Å². The van der Waals surface area contributed by atoms with Crippen LogP contribution >= 0.6 is 11.6 Å². The maximum atomic E-state index is 13.4. The van der Waals surface area contributed by atoms with E-state index < -0.39 is 0 Å². The van der Waals surface area contributed by atoms with E-state index in [1.165, 1.54) is 24.9 Å². The highest BCUT2D eigenvalue weighted by Gasteiger charge is 2.16. The van der Waals surface area contributed by atoms with E-state index >= 15 is 0 Å². The first-order chi connectivity index (χ1) is 19.0. The van der Waals surface area contributed by atoms with Crippen molar-refractivity contribution in [3.63, 3.8) is 0 Å². The molecule has 0 atom stereocenters. The molecule has 1 saturated heterocycles. The molecule has 39 heavy (non-hydrogen) atoms. The van der Waals surface area contributed by atoms with Crippen LogP contribution in [0.5, 0.6) is 5.75 Å². The molecule has 10 heteroatoms. The molecule has 2 N–H and O–H groups in total. The summed E-state index contributed by atoms with van der Waals surface area (Å²) in [6.45, 7) is 1.99. The Balaban J connectivity index is 1.29. The Hall–Kier alpha value is -4.24. The lowest BCUT2D eigenvalue weighted by atomic mass is 10.1. The summed E-state index contributed by atoms with van der Waals surface area (Å²) in [5.74, 6) is 1.21. The molecule has 0 spiro atoms. The van der Waals surface area contributed by atoms with Crippen LogP contribution in [0.15, 0.2) is 72.1 Å². The van der Waals surface area contributed by atoms with Gasteiger partial charge < -0.3 is 15.0 Å². The number of guanidine groups is 1. The average molecular weight is 546 g/mol. The third-order valence-corrected chi connectivity index (χ3v) is 6.77. The van der Waals surface area contributed by atoms with Crippen LogP contribution in [-0.4, -0.2) is 52.2 Å². The first-order valence-corrected chi connectivity index (χ1v) is 13.1. The predicted molar refractivity (Wildman–Crippen MR) is 154 cm³/mol. The molecule has 8 nitrogen and oxygen atoms in total. The summed E-state index contributed by atoms with van der Waals surface area (Å²) in [6, 6.07) is 17.4. The molecule has 0 bridgehead atoms. The molecular formula is C29H29ClFN7O. The van der Waals surface area contributed by atoms with Crippen molar-refractivity contribution in [2.75, 3.05) is 25.5 Å². The molecule has 1 fully saturated rings. The van der Waals surface area contributed by atoms with Crippen LogP contribution in [0, 0.1) is 11.2 Å². The Morgan fingerprint density at radius 3 is 2.77 bits per heavy atom. The van der Waals surface area contributed by atoms with E-state index in [0.717, 1.165) is 53.6 Å². The van der Waals surface area contributed by atoms with Crippen molar-refractivity contribution in [1.29, 1.82) is 5.41 Å². The van der Waals surface area contributed by atoms with E-state index in [0.29, 0.717) is 22.5 Å². The van der Waals surface area contributed by atoms with Crippen molar-refractivity contribution in [2.24, 2.45) is 5.10 Å². The number of likely N-dealkylation sites (tertiary alicyclic amines) is 1. The second kappa shape index (κ2) is 12.1. The topological polar surface area (TPSA) is 89.7 Å². The van der Waals surface area contributed by atoms with Crippen LogP contribution in [0.25, 0.3) is 10.9 Å². The number of nitrogens with one attached hydrogen (secondary N) is 2. The Morgan fingerprint density at radius 1 is 1.13 bits per heavy atom. The van der Waals surface area contributed by atoms with Crippen molar-refractivity contribution in [3.8, 4) is 5.75 Å². The van der Waals surface area contributed by atoms with Gasteiger partial charge in [0.15, 0.2) is 0 Å². The minimum atomic E-state index is -0.308. The minimum absolute atomic E-state index is 0.206. The predicted octanol–water partition coefficient (Wildman–Crippen LogP) is 6.43. The molecular weight excluding hydrogens is 517 g/mol. The fourth-order valence-corrected chi connectivity index (χ4v) is 4.63. The molecule has 2 heterocycles. The summed E-state index contributed by atoms with van der Waals surface area (Å²) >= 11 is 6.47. The van der Waals surface area contributed by atoms with Gasteiger partial charge in [-0.05, 0) is 72.9 Å². The van der Waals surface area contributed by atoms with Crippen molar-refractivity contribution in [3.05, 3.63) is 89.0 Å². The molecule has 0 radical (unpaired) electrons. The zero-order valence-corrected chi connectivity index (χ0v) is 22.3. The number of benzene rings is 3. The number of aromatic nitrogens is 2. The molecule has 3 aromatic carbocycles. The van der Waals surface area contributed by atoms with Gasteiger partial charge in [0.25, 0.3) is 0 Å². The van der Waals surface area contributed by atoms with Crippen molar-refractivity contribution in [1.82, 2.24) is 19.9 Å². The van der Waals surface area contributed by atoms with E-state index in [-0.39, 0.29) is 12.4 Å². The Labute approximate surface area is 231 Å². The van der Waals surface area contributed by atoms with Gasteiger partial charge in [0, 0.05) is 31.2 Å². The SMILES string of the molecule is CN(N=Cc1ccc2ncnc(Nc3ccc(OCc4cccc(F)c4)c(Cl)c3)c2c1)C(=N)N1CCCCC1. The fraction of sp³-hybridized carbons (Fsp3) is 0.241. The standard InChI is InChI=1S/C29H29ClFN7O/c1-37(29(32)38-12-3-2-4-13-38)35-17-20-8-10-26-24(15-20)28(34-19-33-26)36-23-9-11-27(25(30)16-23)39-18-21-6-5-7-22(31)14-21/h5-11,14-17,19,32H,2-4,12-13,18H2,1H3,(H,33,34,36). The number of hydrogen-bond donors (Lipinski definition) is 2. The van der Waals surface area contributed by atoms with Crippen molar-refractivity contribution in [2.45, 2.75) is 25.9 Å². The van der Waals surface area contributed by atoms with Gasteiger partial charge in [0.2, 0.25) is 5.96 Å². The smallest absolute Gasteiger partial charge is 0.214 e. The summed E-state index contributed by atoms with van der Waals surface area (Å²) in [4.78, 5) is 10.9. The van der Waals surface area contributed by atoms with Gasteiger partial charge in [-0.3, -0.25) is 5.41 Å². The quantitative estimate of drug-likeness (QED) is 0.158. The fourth-order valence-electron chi connectivity index (χ4n) is 4.39. The molecule has 1 aliphatic rings. The number of ether oxygens (including phenoxy) is 1. The Bertz CT molecular complexity index is 1510. The molecule has 0 unspecified atom stereocenters. The zero-order chi connectivity index (χ0) is 27.2. The normalized spacial score (nSPS) is 13.6. The molecule has 1 aliphatic heterocycles. The van der Waals surface area contributed by atoms with Crippen molar-refractivity contribution >= 4 is 46.2 Å². The summed E-state index contributed by atoms with van der Waals surface area (Å²) in [5.41, 5.74) is 3.08. The van der Waals surface area contributed by atoms with Crippen LogP contribution in [-0.2, 0) is 6.61 Å². The lowest BCUT2D eigenvalue weighted by Crippen LogP contribution is -2.42. The summed E-state index contributed by atoms with van der Waals surface area (Å²) in [6.07, 6.45) is 6.67. The van der Waals surface area contributed by atoms with Crippen LogP contribution in [0.2, 0.25) is 5.02 Å². The molecule has 0 aliphatic carbocycles. The van der Waals surface area contributed by atoms with Gasteiger partial charge in [-0.1, -0.05) is 29.8 Å². The first-order valence-electron chi connectivity index (χ1n) is 12.8. The minimum Gasteiger partial charge on any atom is -0.487 e. The number of halogens is 2. The lowest BCUT2D eigenvalue weighted by molar-refractivity contribution is 0.298. The number of piperidine rings is 1. The number of nitrogens with zero attached hydrogens (tertiary/aromatic N) is 5. The van der Waals surface area contributed by atoms with Gasteiger partial charge in [-0.2, -0.15) is 5.10 Å². The van der Waals surface area contributed by atoms with Gasteiger partial charge in [0.05, 0.1) is 16.8 Å². The summed E-state index contributed by atoms with van der Waals surface area (Å²) in [5, 5.41) is 19.1. The Morgan fingerprint density at radius 2 is 1.97 bits per heavy atom. The number of rotatable bonds is 7. The second-order valence-electron chi connectivity index (χ2n) is 9.33. The van der Waals surface area contributed by atoms with Gasteiger partial charge >= 0.3 is 0 Å².